The number of anilines is 1. The molecule has 23 heavy (non-hydrogen) atoms. The monoisotopic (exact) mass is 316 g/mol. The van der Waals surface area contributed by atoms with Crippen LogP contribution in [0.4, 0.5) is 5.69 Å². The van der Waals surface area contributed by atoms with Crippen LogP contribution in [0.5, 0.6) is 5.75 Å². The number of terminal acetylenes is 1. The van der Waals surface area contributed by atoms with E-state index in [2.05, 4.69) is 11.2 Å². The third-order valence-electron chi connectivity index (χ3n) is 3.07. The molecule has 0 spiro atoms. The maximum Gasteiger partial charge on any atom is 0.326 e. The zero-order valence-electron chi connectivity index (χ0n) is 12.4. The number of carbonyl (C=O) groups excluding carboxylic acids is 3. The van der Waals surface area contributed by atoms with Crippen LogP contribution in [0, 0.1) is 12.3 Å². The van der Waals surface area contributed by atoms with Crippen LogP contribution in [-0.2, 0) is 19.1 Å². The highest BCUT2D eigenvalue weighted by Crippen LogP contribution is 2.30. The van der Waals surface area contributed by atoms with Gasteiger partial charge in [-0.15, -0.1) is 6.42 Å². The Morgan fingerprint density at radius 2 is 2.17 bits per heavy atom. The van der Waals surface area contributed by atoms with Crippen molar-refractivity contribution in [1.29, 1.82) is 0 Å². The number of nitrogens with zero attached hydrogens (tertiary/aromatic N) is 1. The van der Waals surface area contributed by atoms with Crippen LogP contribution in [0.25, 0.3) is 0 Å². The zero-order chi connectivity index (χ0) is 16.7. The molecule has 0 bridgehead atoms. The van der Waals surface area contributed by atoms with Crippen molar-refractivity contribution in [2.75, 3.05) is 31.2 Å². The summed E-state index contributed by atoms with van der Waals surface area (Å²) in [4.78, 5) is 36.6. The highest BCUT2D eigenvalue weighted by molar-refractivity contribution is 5.99. The minimum absolute atomic E-state index is 0.0612. The number of nitrogens with one attached hydrogen (secondary N) is 1. The lowest BCUT2D eigenvalue weighted by Gasteiger charge is -2.20. The smallest absolute Gasteiger partial charge is 0.326 e. The van der Waals surface area contributed by atoms with Gasteiger partial charge in [-0.05, 0) is 12.1 Å². The molecule has 2 amide bonds. The SMILES string of the molecule is C#CCNC(=O)COC(=O)CN1C(=O)CCOc2ccccc21. The molecule has 0 atom stereocenters. The van der Waals surface area contributed by atoms with Crippen molar-refractivity contribution in [3.8, 4) is 18.1 Å². The molecule has 0 aliphatic carbocycles. The number of para-hydroxylation sites is 2. The lowest BCUT2D eigenvalue weighted by atomic mass is 10.2. The minimum atomic E-state index is -0.689. The molecule has 1 aliphatic rings. The van der Waals surface area contributed by atoms with Gasteiger partial charge in [0.1, 0.15) is 12.3 Å². The summed E-state index contributed by atoms with van der Waals surface area (Å²) in [5.74, 6) is 1.33. The maximum absolute atomic E-state index is 12.1. The van der Waals surface area contributed by atoms with Gasteiger partial charge in [-0.2, -0.15) is 0 Å². The Morgan fingerprint density at radius 1 is 1.39 bits per heavy atom. The van der Waals surface area contributed by atoms with E-state index in [0.717, 1.165) is 0 Å². The van der Waals surface area contributed by atoms with Crippen LogP contribution >= 0.6 is 0 Å². The standard InChI is InChI=1S/C16H16N2O5/c1-2-8-17-14(19)11-23-16(21)10-18-12-5-3-4-6-13(12)22-9-7-15(18)20/h1,3-6H,7-11H2,(H,17,19). The third kappa shape index (κ3) is 4.48. The lowest BCUT2D eigenvalue weighted by Crippen LogP contribution is -2.37. The molecular weight excluding hydrogens is 300 g/mol. The molecule has 7 nitrogen and oxygen atoms in total. The molecule has 0 aromatic heterocycles. The number of fused-ring (bicyclic) bond motifs is 1. The summed E-state index contributed by atoms with van der Waals surface area (Å²) >= 11 is 0. The van der Waals surface area contributed by atoms with E-state index in [1.807, 2.05) is 0 Å². The van der Waals surface area contributed by atoms with Crippen molar-refractivity contribution in [2.45, 2.75) is 6.42 Å². The van der Waals surface area contributed by atoms with E-state index in [0.29, 0.717) is 11.4 Å². The number of hydrogen-bond acceptors (Lipinski definition) is 5. The number of rotatable bonds is 5. The topological polar surface area (TPSA) is 84.9 Å². The highest BCUT2D eigenvalue weighted by atomic mass is 16.5. The van der Waals surface area contributed by atoms with Crippen molar-refractivity contribution < 1.29 is 23.9 Å². The molecule has 1 N–H and O–H groups in total. The number of benzene rings is 1. The zero-order valence-corrected chi connectivity index (χ0v) is 12.4. The molecule has 1 aromatic carbocycles. The Bertz CT molecular complexity index is 650. The van der Waals surface area contributed by atoms with Gasteiger partial charge in [-0.25, -0.2) is 0 Å². The first kappa shape index (κ1) is 16.4. The molecule has 1 aromatic rings. The van der Waals surface area contributed by atoms with E-state index < -0.39 is 18.5 Å². The Kier molecular flexibility index (Phi) is 5.58. The predicted octanol–water partition coefficient (Wildman–Crippen LogP) is 0.0947. The van der Waals surface area contributed by atoms with E-state index in [1.165, 1.54) is 4.90 Å². The van der Waals surface area contributed by atoms with Crippen molar-refractivity contribution in [2.24, 2.45) is 0 Å². The van der Waals surface area contributed by atoms with Crippen molar-refractivity contribution >= 4 is 23.5 Å². The first-order chi connectivity index (χ1) is 11.1. The van der Waals surface area contributed by atoms with Crippen LogP contribution in [-0.4, -0.2) is 44.1 Å². The molecule has 1 heterocycles. The fraction of sp³-hybridized carbons (Fsp3) is 0.312. The lowest BCUT2D eigenvalue weighted by molar-refractivity contribution is -0.147. The Morgan fingerprint density at radius 3 is 2.96 bits per heavy atom. The number of carbonyl (C=O) groups is 3. The first-order valence-corrected chi connectivity index (χ1v) is 7.00. The van der Waals surface area contributed by atoms with Crippen molar-refractivity contribution in [3.05, 3.63) is 24.3 Å². The summed E-state index contributed by atoms with van der Waals surface area (Å²) in [5.41, 5.74) is 0.503. The van der Waals surface area contributed by atoms with Crippen LogP contribution in [0.15, 0.2) is 24.3 Å². The van der Waals surface area contributed by atoms with Gasteiger partial charge in [0.2, 0.25) is 5.91 Å². The molecule has 120 valence electrons. The van der Waals surface area contributed by atoms with E-state index in [9.17, 15) is 14.4 Å². The number of esters is 1. The van der Waals surface area contributed by atoms with E-state index in [-0.39, 0.29) is 32.0 Å². The second-order valence-electron chi connectivity index (χ2n) is 4.69. The second kappa shape index (κ2) is 7.84. The molecule has 0 saturated carbocycles. The minimum Gasteiger partial charge on any atom is -0.491 e. The van der Waals surface area contributed by atoms with Gasteiger partial charge in [0.05, 0.1) is 25.3 Å². The summed E-state index contributed by atoms with van der Waals surface area (Å²) in [6.07, 6.45) is 5.16. The third-order valence-corrected chi connectivity index (χ3v) is 3.07. The molecule has 0 saturated heterocycles. The summed E-state index contributed by atoms with van der Waals surface area (Å²) in [5, 5.41) is 2.37. The maximum atomic E-state index is 12.1. The quantitative estimate of drug-likeness (QED) is 0.615. The Labute approximate surface area is 133 Å². The second-order valence-corrected chi connectivity index (χ2v) is 4.69. The average Bonchev–Trinajstić information content (AvgIpc) is 2.71. The average molecular weight is 316 g/mol. The molecule has 2 rings (SSSR count). The summed E-state index contributed by atoms with van der Waals surface area (Å²) < 4.78 is 10.3. The molecule has 0 fully saturated rings. The molecule has 0 unspecified atom stereocenters. The highest BCUT2D eigenvalue weighted by Gasteiger charge is 2.25. The van der Waals surface area contributed by atoms with Gasteiger partial charge >= 0.3 is 5.97 Å². The van der Waals surface area contributed by atoms with Crippen LogP contribution in [0.1, 0.15) is 6.42 Å². The number of amides is 2. The molecular formula is C16H16N2O5. The van der Waals surface area contributed by atoms with Gasteiger partial charge in [-0.1, -0.05) is 18.1 Å². The van der Waals surface area contributed by atoms with E-state index >= 15 is 0 Å². The molecule has 7 heteroatoms. The fourth-order valence-corrected chi connectivity index (χ4v) is 2.01. The van der Waals surface area contributed by atoms with Crippen molar-refractivity contribution in [3.63, 3.8) is 0 Å². The van der Waals surface area contributed by atoms with E-state index in [4.69, 9.17) is 15.9 Å². The van der Waals surface area contributed by atoms with Gasteiger partial charge < -0.3 is 14.8 Å². The fourth-order valence-electron chi connectivity index (χ4n) is 2.01. The van der Waals surface area contributed by atoms with Crippen LogP contribution in [0.3, 0.4) is 0 Å². The van der Waals surface area contributed by atoms with Crippen LogP contribution in [0.2, 0.25) is 0 Å². The van der Waals surface area contributed by atoms with Crippen LogP contribution < -0.4 is 15.0 Å². The normalized spacial score (nSPS) is 13.2. The van der Waals surface area contributed by atoms with E-state index in [1.54, 1.807) is 24.3 Å². The summed E-state index contributed by atoms with van der Waals surface area (Å²) in [6, 6.07) is 6.93. The van der Waals surface area contributed by atoms with Gasteiger partial charge in [0.15, 0.2) is 6.61 Å². The Hall–Kier alpha value is -3.01. The first-order valence-electron chi connectivity index (χ1n) is 7.00. The van der Waals surface area contributed by atoms with Gasteiger partial charge in [-0.3, -0.25) is 19.3 Å². The number of ether oxygens (including phenoxy) is 2. The molecule has 1 aliphatic heterocycles. The van der Waals surface area contributed by atoms with Crippen molar-refractivity contribution in [1.82, 2.24) is 5.32 Å². The van der Waals surface area contributed by atoms with Gasteiger partial charge in [0.25, 0.3) is 5.91 Å². The largest absolute Gasteiger partial charge is 0.491 e. The number of hydrogen-bond donors (Lipinski definition) is 1. The predicted molar refractivity (Wildman–Crippen MR) is 81.7 cm³/mol. The van der Waals surface area contributed by atoms with Gasteiger partial charge in [0, 0.05) is 0 Å². The molecule has 0 radical (unpaired) electrons. The summed E-state index contributed by atoms with van der Waals surface area (Å²) in [6.45, 7) is -0.427. The Balaban J connectivity index is 1.98. The summed E-state index contributed by atoms with van der Waals surface area (Å²) in [7, 11) is 0.